The van der Waals surface area contributed by atoms with E-state index >= 15 is 0 Å². The van der Waals surface area contributed by atoms with E-state index in [1.165, 1.54) is 16.7 Å². The zero-order chi connectivity index (χ0) is 17.8. The van der Waals surface area contributed by atoms with Crippen molar-refractivity contribution in [3.8, 4) is 0 Å². The first-order chi connectivity index (χ1) is 12.1. The number of amides is 2. The van der Waals surface area contributed by atoms with Crippen molar-refractivity contribution in [2.75, 3.05) is 23.4 Å². The van der Waals surface area contributed by atoms with Crippen molar-refractivity contribution in [2.45, 2.75) is 26.2 Å². The van der Waals surface area contributed by atoms with Crippen molar-refractivity contribution in [3.63, 3.8) is 0 Å². The predicted molar refractivity (Wildman–Crippen MR) is 94.1 cm³/mol. The Bertz CT molecular complexity index is 801. The van der Waals surface area contributed by atoms with E-state index in [1.54, 1.807) is 17.2 Å². The summed E-state index contributed by atoms with van der Waals surface area (Å²) < 4.78 is 4.85. The van der Waals surface area contributed by atoms with Crippen molar-refractivity contribution in [3.05, 3.63) is 22.1 Å². The van der Waals surface area contributed by atoms with Crippen LogP contribution in [0.1, 0.15) is 35.9 Å². The Labute approximate surface area is 151 Å². The predicted octanol–water partition coefficient (Wildman–Crippen LogP) is 2.08. The topological polar surface area (TPSA) is 101 Å². The van der Waals surface area contributed by atoms with Gasteiger partial charge in [-0.15, -0.1) is 22.7 Å². The molecular weight excluding hydrogens is 364 g/mol. The van der Waals surface area contributed by atoms with Gasteiger partial charge in [-0.05, 0) is 13.3 Å². The second-order valence-corrected chi connectivity index (χ2v) is 6.95. The number of hydrogen-bond acceptors (Lipinski definition) is 8. The Balaban J connectivity index is 1.57. The lowest BCUT2D eigenvalue weighted by Crippen LogP contribution is -2.23. The van der Waals surface area contributed by atoms with Crippen molar-refractivity contribution in [1.82, 2.24) is 9.97 Å². The lowest BCUT2D eigenvalue weighted by molar-refractivity contribution is -0.117. The molecule has 8 nitrogen and oxygen atoms in total. The van der Waals surface area contributed by atoms with Gasteiger partial charge in [-0.2, -0.15) is 0 Å². The molecule has 1 fully saturated rings. The van der Waals surface area contributed by atoms with Crippen molar-refractivity contribution in [2.24, 2.45) is 0 Å². The molecule has 1 aliphatic rings. The van der Waals surface area contributed by atoms with Crippen LogP contribution in [0.15, 0.2) is 10.8 Å². The van der Waals surface area contributed by atoms with Crippen LogP contribution in [0.2, 0.25) is 0 Å². The minimum Gasteiger partial charge on any atom is -0.461 e. The van der Waals surface area contributed by atoms with Crippen molar-refractivity contribution >= 4 is 50.7 Å². The molecule has 3 heterocycles. The van der Waals surface area contributed by atoms with Gasteiger partial charge in [0.1, 0.15) is 0 Å². The molecule has 0 unspecified atom stereocenters. The molecule has 0 radical (unpaired) electrons. The number of ether oxygens (including phenoxy) is 1. The van der Waals surface area contributed by atoms with Gasteiger partial charge in [-0.1, -0.05) is 0 Å². The molecule has 0 saturated carbocycles. The second kappa shape index (κ2) is 7.70. The summed E-state index contributed by atoms with van der Waals surface area (Å²) >= 11 is 2.51. The van der Waals surface area contributed by atoms with Crippen LogP contribution in [0.4, 0.5) is 10.3 Å². The highest BCUT2D eigenvalue weighted by Gasteiger charge is 2.24. The Morgan fingerprint density at radius 2 is 2.16 bits per heavy atom. The summed E-state index contributed by atoms with van der Waals surface area (Å²) in [6.07, 6.45) is 1.45. The standard InChI is InChI=1S/C15H16N4O4S2/c1-2-23-13(22)10-8-24-14(17-10)18-11(20)6-9-7-25-15(16-9)19-5-3-4-12(19)21/h7-8H,2-6H2,1H3,(H,17,18,20). The molecule has 0 aromatic carbocycles. The van der Waals surface area contributed by atoms with E-state index in [2.05, 4.69) is 15.3 Å². The Hall–Kier alpha value is -2.33. The third kappa shape index (κ3) is 4.20. The monoisotopic (exact) mass is 380 g/mol. The molecule has 0 aliphatic carbocycles. The molecular formula is C15H16N4O4S2. The third-order valence-corrected chi connectivity index (χ3v) is 5.09. The fourth-order valence-corrected chi connectivity index (χ4v) is 3.87. The normalized spacial score (nSPS) is 14.0. The van der Waals surface area contributed by atoms with Gasteiger partial charge in [-0.3, -0.25) is 14.5 Å². The maximum absolute atomic E-state index is 12.1. The van der Waals surface area contributed by atoms with Gasteiger partial charge in [0.25, 0.3) is 0 Å². The van der Waals surface area contributed by atoms with E-state index in [0.29, 0.717) is 28.9 Å². The van der Waals surface area contributed by atoms with Crippen LogP contribution in [-0.2, 0) is 20.7 Å². The van der Waals surface area contributed by atoms with Gasteiger partial charge in [-0.25, -0.2) is 14.8 Å². The fraction of sp³-hybridized carbons (Fsp3) is 0.400. The molecule has 132 valence electrons. The lowest BCUT2D eigenvalue weighted by Gasteiger charge is -2.10. The average molecular weight is 380 g/mol. The quantitative estimate of drug-likeness (QED) is 0.770. The first-order valence-corrected chi connectivity index (χ1v) is 9.50. The lowest BCUT2D eigenvalue weighted by atomic mass is 10.3. The van der Waals surface area contributed by atoms with Crippen LogP contribution < -0.4 is 10.2 Å². The van der Waals surface area contributed by atoms with Crippen molar-refractivity contribution < 1.29 is 19.1 Å². The van der Waals surface area contributed by atoms with Crippen LogP contribution in [0.5, 0.6) is 0 Å². The van der Waals surface area contributed by atoms with E-state index in [4.69, 9.17) is 4.74 Å². The highest BCUT2D eigenvalue weighted by atomic mass is 32.1. The van der Waals surface area contributed by atoms with Crippen LogP contribution in [0, 0.1) is 0 Å². The number of nitrogens with zero attached hydrogens (tertiary/aromatic N) is 3. The number of hydrogen-bond donors (Lipinski definition) is 1. The first-order valence-electron chi connectivity index (χ1n) is 7.74. The van der Waals surface area contributed by atoms with Gasteiger partial charge in [0.2, 0.25) is 11.8 Å². The molecule has 25 heavy (non-hydrogen) atoms. The number of rotatable bonds is 6. The fourth-order valence-electron chi connectivity index (χ4n) is 2.31. The molecule has 2 aromatic heterocycles. The average Bonchev–Trinajstić information content (AvgIpc) is 3.28. The van der Waals surface area contributed by atoms with Crippen molar-refractivity contribution in [1.29, 1.82) is 0 Å². The second-order valence-electron chi connectivity index (χ2n) is 5.25. The zero-order valence-corrected chi connectivity index (χ0v) is 15.1. The Morgan fingerprint density at radius 3 is 2.88 bits per heavy atom. The van der Waals surface area contributed by atoms with Gasteiger partial charge in [0, 0.05) is 23.7 Å². The van der Waals surface area contributed by atoms with Gasteiger partial charge >= 0.3 is 5.97 Å². The molecule has 0 atom stereocenters. The Kier molecular flexibility index (Phi) is 5.39. The van der Waals surface area contributed by atoms with Crippen LogP contribution in [-0.4, -0.2) is 40.9 Å². The summed E-state index contributed by atoms with van der Waals surface area (Å²) in [5, 5.41) is 6.91. The molecule has 10 heteroatoms. The summed E-state index contributed by atoms with van der Waals surface area (Å²) in [4.78, 5) is 45.4. The maximum Gasteiger partial charge on any atom is 0.357 e. The number of aromatic nitrogens is 2. The first kappa shape index (κ1) is 17.5. The summed E-state index contributed by atoms with van der Waals surface area (Å²) in [7, 11) is 0. The van der Waals surface area contributed by atoms with E-state index in [9.17, 15) is 14.4 Å². The van der Waals surface area contributed by atoms with Gasteiger partial charge in [0.15, 0.2) is 16.0 Å². The zero-order valence-electron chi connectivity index (χ0n) is 13.5. The SMILES string of the molecule is CCOC(=O)c1csc(NC(=O)Cc2csc(N3CCCC3=O)n2)n1. The van der Waals surface area contributed by atoms with E-state index in [1.807, 2.05) is 0 Å². The maximum atomic E-state index is 12.1. The molecule has 3 rings (SSSR count). The molecule has 1 N–H and O–H groups in total. The number of nitrogens with one attached hydrogen (secondary N) is 1. The largest absolute Gasteiger partial charge is 0.461 e. The molecule has 1 aliphatic heterocycles. The molecule has 2 aromatic rings. The minimum absolute atomic E-state index is 0.0691. The highest BCUT2D eigenvalue weighted by molar-refractivity contribution is 7.14. The highest BCUT2D eigenvalue weighted by Crippen LogP contribution is 2.25. The Morgan fingerprint density at radius 1 is 1.32 bits per heavy atom. The number of carbonyl (C=O) groups is 3. The number of anilines is 2. The smallest absolute Gasteiger partial charge is 0.357 e. The number of esters is 1. The van der Waals surface area contributed by atoms with Crippen LogP contribution in [0.25, 0.3) is 0 Å². The van der Waals surface area contributed by atoms with E-state index in [0.717, 1.165) is 17.8 Å². The molecule has 0 spiro atoms. The van der Waals surface area contributed by atoms with Crippen LogP contribution >= 0.6 is 22.7 Å². The molecule has 1 saturated heterocycles. The third-order valence-electron chi connectivity index (χ3n) is 3.42. The number of thiazole rings is 2. The number of carbonyl (C=O) groups excluding carboxylic acids is 3. The summed E-state index contributed by atoms with van der Waals surface area (Å²) in [6.45, 7) is 2.66. The summed E-state index contributed by atoms with van der Waals surface area (Å²) in [6, 6.07) is 0. The summed E-state index contributed by atoms with van der Waals surface area (Å²) in [5.74, 6) is -0.729. The van der Waals surface area contributed by atoms with Crippen LogP contribution in [0.3, 0.4) is 0 Å². The van der Waals surface area contributed by atoms with E-state index < -0.39 is 5.97 Å². The molecule has 0 bridgehead atoms. The van der Waals surface area contributed by atoms with E-state index in [-0.39, 0.29) is 30.5 Å². The minimum atomic E-state index is -0.515. The van der Waals surface area contributed by atoms with Gasteiger partial charge < -0.3 is 10.1 Å². The molecule has 2 amide bonds. The summed E-state index contributed by atoms with van der Waals surface area (Å²) in [5.41, 5.74) is 0.769. The van der Waals surface area contributed by atoms with Gasteiger partial charge in [0.05, 0.1) is 18.7 Å².